The fourth-order valence-electron chi connectivity index (χ4n) is 2.22. The summed E-state index contributed by atoms with van der Waals surface area (Å²) in [6.45, 7) is 0.917. The molecule has 0 aromatic carbocycles. The molecule has 1 aliphatic rings. The number of aromatic nitrogens is 2. The van der Waals surface area contributed by atoms with E-state index in [4.69, 9.17) is 16.3 Å². The molecular weight excluding hydrogens is 267 g/mol. The van der Waals surface area contributed by atoms with Crippen molar-refractivity contribution < 1.29 is 14.2 Å². The molecule has 108 valence electrons. The highest BCUT2D eigenvalue weighted by Gasteiger charge is 2.36. The smallest absolute Gasteiger partial charge is 0.333 e. The summed E-state index contributed by atoms with van der Waals surface area (Å²) in [5.74, 6) is 2.23. The topological polar surface area (TPSA) is 73.5 Å². The van der Waals surface area contributed by atoms with E-state index in [-0.39, 0.29) is 13.0 Å². The Kier molecular flexibility index (Phi) is 4.06. The zero-order valence-corrected chi connectivity index (χ0v) is 11.0. The quantitative estimate of drug-likeness (QED) is 0.764. The van der Waals surface area contributed by atoms with Crippen LogP contribution >= 0.6 is 0 Å². The van der Waals surface area contributed by atoms with Gasteiger partial charge in [0.15, 0.2) is 0 Å². The molecule has 0 spiro atoms. The van der Waals surface area contributed by atoms with Crippen LogP contribution in [0.25, 0.3) is 0 Å². The zero-order valence-electron chi connectivity index (χ0n) is 11.0. The van der Waals surface area contributed by atoms with E-state index in [1.807, 2.05) is 0 Å². The van der Waals surface area contributed by atoms with Gasteiger partial charge in [-0.2, -0.15) is 0 Å². The maximum absolute atomic E-state index is 13.6. The van der Waals surface area contributed by atoms with Gasteiger partial charge >= 0.3 is 5.69 Å². The van der Waals surface area contributed by atoms with Crippen molar-refractivity contribution >= 4 is 0 Å². The molecule has 1 aliphatic heterocycles. The van der Waals surface area contributed by atoms with Crippen LogP contribution in [0.1, 0.15) is 18.2 Å². The average molecular weight is 282 g/mol. The molecule has 7 heteroatoms. The minimum atomic E-state index is -1.36. The summed E-state index contributed by atoms with van der Waals surface area (Å²) >= 11 is 0. The Bertz CT molecular complexity index is 658. The second-order valence-corrected chi connectivity index (χ2v) is 4.66. The lowest BCUT2D eigenvalue weighted by molar-refractivity contribution is -0.0361. The van der Waals surface area contributed by atoms with E-state index in [1.54, 1.807) is 0 Å². The molecule has 3 atom stereocenters. The Morgan fingerprint density at radius 1 is 1.60 bits per heavy atom. The molecule has 1 aromatic heterocycles. The number of hydrogen-bond acceptors (Lipinski definition) is 4. The summed E-state index contributed by atoms with van der Waals surface area (Å²) in [7, 11) is 0. The number of ether oxygens (including phenoxy) is 1. The molecule has 0 aliphatic carbocycles. The second kappa shape index (κ2) is 5.61. The minimum absolute atomic E-state index is 0.0567. The molecule has 0 saturated carbocycles. The maximum Gasteiger partial charge on any atom is 0.333 e. The molecule has 6 nitrogen and oxygen atoms in total. The largest absolute Gasteiger partial charge is 0.394 e. The van der Waals surface area contributed by atoms with Gasteiger partial charge in [-0.05, 0) is 6.92 Å². The Morgan fingerprint density at radius 2 is 2.30 bits per heavy atom. The van der Waals surface area contributed by atoms with Crippen molar-refractivity contribution in [2.75, 3.05) is 6.61 Å². The molecule has 2 heterocycles. The highest BCUT2D eigenvalue weighted by atomic mass is 19.1. The molecule has 1 N–H and O–H groups in total. The molecule has 20 heavy (non-hydrogen) atoms. The summed E-state index contributed by atoms with van der Waals surface area (Å²) in [6, 6.07) is 0. The summed E-state index contributed by atoms with van der Waals surface area (Å²) in [6.07, 6.45) is 3.24. The van der Waals surface area contributed by atoms with E-state index < -0.39 is 36.4 Å². The van der Waals surface area contributed by atoms with Crippen molar-refractivity contribution in [2.24, 2.45) is 0 Å². The van der Waals surface area contributed by atoms with Gasteiger partial charge in [0.05, 0.1) is 13.2 Å². The normalized spacial score (nSPS) is 25.6. The lowest BCUT2D eigenvalue weighted by atomic mass is 10.2. The van der Waals surface area contributed by atoms with Gasteiger partial charge in [0, 0.05) is 18.2 Å². The van der Waals surface area contributed by atoms with Crippen LogP contribution in [-0.4, -0.2) is 33.1 Å². The molecule has 2 rings (SSSR count). The number of terminal acetylenes is 1. The van der Waals surface area contributed by atoms with Gasteiger partial charge in [-0.1, -0.05) is 5.92 Å². The molecule has 1 fully saturated rings. The molecule has 0 unspecified atom stereocenters. The predicted molar refractivity (Wildman–Crippen MR) is 69.0 cm³/mol. The highest BCUT2D eigenvalue weighted by molar-refractivity contribution is 5.05. The Morgan fingerprint density at radius 3 is 2.85 bits per heavy atom. The SMILES string of the molecule is C#CCn1c(=O)c(C)cn([C@H]2C[C@H](F)[C@@H](CO)O2)c1=O. The van der Waals surface area contributed by atoms with Crippen molar-refractivity contribution in [2.45, 2.75) is 38.4 Å². The number of aliphatic hydroxyl groups excluding tert-OH is 1. The molecule has 0 bridgehead atoms. The number of alkyl halides is 1. The van der Waals surface area contributed by atoms with E-state index in [1.165, 1.54) is 13.1 Å². The van der Waals surface area contributed by atoms with Crippen LogP contribution in [0.5, 0.6) is 0 Å². The second-order valence-electron chi connectivity index (χ2n) is 4.66. The van der Waals surface area contributed by atoms with Crippen molar-refractivity contribution in [3.05, 3.63) is 32.6 Å². The maximum atomic E-state index is 13.6. The van der Waals surface area contributed by atoms with Gasteiger partial charge in [-0.15, -0.1) is 6.42 Å². The molecule has 1 aromatic rings. The number of halogens is 1. The van der Waals surface area contributed by atoms with Gasteiger partial charge in [-0.3, -0.25) is 9.36 Å². The monoisotopic (exact) mass is 282 g/mol. The number of aliphatic hydroxyl groups is 1. The van der Waals surface area contributed by atoms with Crippen molar-refractivity contribution in [3.63, 3.8) is 0 Å². The standard InChI is InChI=1S/C13H15FN2O4/c1-3-4-15-12(18)8(2)6-16(13(15)19)11-5-9(14)10(7-17)20-11/h1,6,9-11,17H,4-5,7H2,2H3/t9-,10+,11+/m0/s1. The number of nitrogens with zero attached hydrogens (tertiary/aromatic N) is 2. The van der Waals surface area contributed by atoms with Gasteiger partial charge in [0.1, 0.15) is 18.5 Å². The van der Waals surface area contributed by atoms with Crippen LogP contribution in [0.15, 0.2) is 15.8 Å². The van der Waals surface area contributed by atoms with Gasteiger partial charge in [-0.25, -0.2) is 13.8 Å². The number of rotatable bonds is 3. The molecule has 0 amide bonds. The first-order valence-electron chi connectivity index (χ1n) is 6.16. The fourth-order valence-corrected chi connectivity index (χ4v) is 2.22. The van der Waals surface area contributed by atoms with Crippen LogP contribution in [0.4, 0.5) is 4.39 Å². The van der Waals surface area contributed by atoms with Crippen LogP contribution in [0, 0.1) is 19.3 Å². The van der Waals surface area contributed by atoms with Crippen LogP contribution in [-0.2, 0) is 11.3 Å². The van der Waals surface area contributed by atoms with Crippen LogP contribution in [0.3, 0.4) is 0 Å². The van der Waals surface area contributed by atoms with Crippen molar-refractivity contribution in [1.82, 2.24) is 9.13 Å². The highest BCUT2D eigenvalue weighted by Crippen LogP contribution is 2.29. The lowest BCUT2D eigenvalue weighted by Gasteiger charge is -2.16. The fraction of sp³-hybridized carbons (Fsp3) is 0.538. The van der Waals surface area contributed by atoms with E-state index >= 15 is 0 Å². The minimum Gasteiger partial charge on any atom is -0.394 e. The van der Waals surface area contributed by atoms with Crippen LogP contribution in [0.2, 0.25) is 0 Å². The van der Waals surface area contributed by atoms with Crippen LogP contribution < -0.4 is 11.2 Å². The van der Waals surface area contributed by atoms with E-state index in [0.29, 0.717) is 5.56 Å². The molecule has 1 saturated heterocycles. The van der Waals surface area contributed by atoms with Crippen molar-refractivity contribution in [1.29, 1.82) is 0 Å². The Balaban J connectivity index is 2.47. The summed E-state index contributed by atoms with van der Waals surface area (Å²) in [5.41, 5.74) is -0.807. The molecular formula is C13H15FN2O4. The third-order valence-corrected chi connectivity index (χ3v) is 3.27. The summed E-state index contributed by atoms with van der Waals surface area (Å²) in [5, 5.41) is 8.97. The van der Waals surface area contributed by atoms with Crippen molar-refractivity contribution in [3.8, 4) is 12.3 Å². The summed E-state index contributed by atoms with van der Waals surface area (Å²) in [4.78, 5) is 24.0. The third kappa shape index (κ3) is 2.40. The zero-order chi connectivity index (χ0) is 14.9. The lowest BCUT2D eigenvalue weighted by Crippen LogP contribution is -2.42. The average Bonchev–Trinajstić information content (AvgIpc) is 2.80. The first-order valence-corrected chi connectivity index (χ1v) is 6.16. The Labute approximate surface area is 114 Å². The summed E-state index contributed by atoms with van der Waals surface area (Å²) < 4.78 is 20.9. The first kappa shape index (κ1) is 14.5. The van der Waals surface area contributed by atoms with Gasteiger partial charge in [0.2, 0.25) is 0 Å². The number of aryl methyl sites for hydroxylation is 1. The van der Waals surface area contributed by atoms with E-state index in [2.05, 4.69) is 5.92 Å². The predicted octanol–water partition coefficient (Wildman–Crippen LogP) is -0.430. The van der Waals surface area contributed by atoms with Gasteiger partial charge in [0.25, 0.3) is 5.56 Å². The first-order chi connectivity index (χ1) is 9.49. The Hall–Kier alpha value is -1.91. The number of hydrogen-bond donors (Lipinski definition) is 1. The third-order valence-electron chi connectivity index (χ3n) is 3.27. The van der Waals surface area contributed by atoms with Gasteiger partial charge < -0.3 is 9.84 Å². The van der Waals surface area contributed by atoms with E-state index in [9.17, 15) is 14.0 Å². The molecule has 0 radical (unpaired) electrons. The van der Waals surface area contributed by atoms with E-state index in [0.717, 1.165) is 9.13 Å².